The Balaban J connectivity index is 1.44. The lowest BCUT2D eigenvalue weighted by atomic mass is 10.2. The average Bonchev–Trinajstić information content (AvgIpc) is 3.25. The molecule has 2 aromatic rings. The molecule has 1 unspecified atom stereocenters. The molecule has 1 aliphatic heterocycles. The fourth-order valence-electron chi connectivity index (χ4n) is 2.86. The van der Waals surface area contributed by atoms with Crippen LogP contribution in [0.1, 0.15) is 19.3 Å². The Hall–Kier alpha value is -2.27. The first kappa shape index (κ1) is 22.4. The van der Waals surface area contributed by atoms with Gasteiger partial charge in [0.05, 0.1) is 4.90 Å². The van der Waals surface area contributed by atoms with Crippen molar-refractivity contribution in [3.05, 3.63) is 53.0 Å². The van der Waals surface area contributed by atoms with Gasteiger partial charge in [0.1, 0.15) is 6.10 Å². The van der Waals surface area contributed by atoms with Crippen LogP contribution in [0.4, 0.5) is 11.4 Å². The maximum Gasteiger partial charge on any atom is 0.253 e. The van der Waals surface area contributed by atoms with Crippen LogP contribution in [0.2, 0.25) is 0 Å². The molecule has 0 spiro atoms. The number of benzene rings is 2. The number of hydrogen-bond acceptors (Lipinski definition) is 5. The lowest BCUT2D eigenvalue weighted by Gasteiger charge is -2.11. The highest BCUT2D eigenvalue weighted by molar-refractivity contribution is 9.10. The molecule has 1 fully saturated rings. The Morgan fingerprint density at radius 2 is 1.63 bits per heavy atom. The van der Waals surface area contributed by atoms with Gasteiger partial charge in [-0.25, -0.2) is 13.1 Å². The number of nitrogens with one attached hydrogen (secondary N) is 3. The molecule has 2 amide bonds. The van der Waals surface area contributed by atoms with Crippen LogP contribution in [0.25, 0.3) is 0 Å². The maximum atomic E-state index is 12.2. The summed E-state index contributed by atoms with van der Waals surface area (Å²) in [6, 6.07) is 12.9. The Bertz CT molecular complexity index is 988. The van der Waals surface area contributed by atoms with E-state index in [1.807, 2.05) is 0 Å². The number of carbonyl (C=O) groups excluding carboxylic acids is 2. The molecular formula is C20H22BrN3O5S. The number of amides is 2. The Morgan fingerprint density at radius 3 is 2.23 bits per heavy atom. The average molecular weight is 496 g/mol. The predicted molar refractivity (Wildman–Crippen MR) is 117 cm³/mol. The van der Waals surface area contributed by atoms with Crippen LogP contribution >= 0.6 is 15.9 Å². The van der Waals surface area contributed by atoms with Crippen molar-refractivity contribution in [1.29, 1.82) is 0 Å². The zero-order valence-corrected chi connectivity index (χ0v) is 18.5. The van der Waals surface area contributed by atoms with E-state index in [2.05, 4.69) is 31.3 Å². The number of rotatable bonds is 8. The SMILES string of the molecule is O=C(CCNS(=O)(=O)c1ccc(Br)cc1)Nc1ccc(NC(=O)C2CCCO2)cc1. The Labute approximate surface area is 183 Å². The summed E-state index contributed by atoms with van der Waals surface area (Å²) in [7, 11) is -3.67. The molecule has 0 radical (unpaired) electrons. The second-order valence-electron chi connectivity index (χ2n) is 6.72. The molecule has 1 atom stereocenters. The summed E-state index contributed by atoms with van der Waals surface area (Å²) < 4.78 is 32.9. The quantitative estimate of drug-likeness (QED) is 0.520. The first-order valence-electron chi connectivity index (χ1n) is 9.41. The summed E-state index contributed by atoms with van der Waals surface area (Å²) in [5.41, 5.74) is 1.15. The number of ether oxygens (including phenoxy) is 1. The van der Waals surface area contributed by atoms with Gasteiger partial charge in [-0.2, -0.15) is 0 Å². The molecule has 3 N–H and O–H groups in total. The number of carbonyl (C=O) groups is 2. The zero-order valence-electron chi connectivity index (χ0n) is 16.1. The minimum atomic E-state index is -3.67. The van der Waals surface area contributed by atoms with Gasteiger partial charge in [0, 0.05) is 35.4 Å². The maximum absolute atomic E-state index is 12.2. The Kier molecular flexibility index (Phi) is 7.59. The van der Waals surface area contributed by atoms with E-state index < -0.39 is 16.1 Å². The largest absolute Gasteiger partial charge is 0.368 e. The second-order valence-corrected chi connectivity index (χ2v) is 9.40. The van der Waals surface area contributed by atoms with Crippen molar-refractivity contribution >= 4 is 49.1 Å². The number of anilines is 2. The van der Waals surface area contributed by atoms with Crippen LogP contribution in [0.5, 0.6) is 0 Å². The highest BCUT2D eigenvalue weighted by Crippen LogP contribution is 2.18. The van der Waals surface area contributed by atoms with Crippen molar-refractivity contribution in [2.24, 2.45) is 0 Å². The molecule has 30 heavy (non-hydrogen) atoms. The zero-order chi connectivity index (χ0) is 21.6. The van der Waals surface area contributed by atoms with Crippen molar-refractivity contribution in [3.8, 4) is 0 Å². The van der Waals surface area contributed by atoms with Gasteiger partial charge in [-0.15, -0.1) is 0 Å². The molecule has 1 saturated heterocycles. The van der Waals surface area contributed by atoms with Crippen molar-refractivity contribution in [2.45, 2.75) is 30.3 Å². The molecule has 8 nitrogen and oxygen atoms in total. The smallest absolute Gasteiger partial charge is 0.253 e. The molecule has 3 rings (SSSR count). The monoisotopic (exact) mass is 495 g/mol. The predicted octanol–water partition coefficient (Wildman–Crippen LogP) is 2.87. The number of hydrogen-bond donors (Lipinski definition) is 3. The van der Waals surface area contributed by atoms with E-state index in [1.165, 1.54) is 12.1 Å². The van der Waals surface area contributed by atoms with Gasteiger partial charge in [0.25, 0.3) is 5.91 Å². The highest BCUT2D eigenvalue weighted by atomic mass is 79.9. The number of sulfonamides is 1. The van der Waals surface area contributed by atoms with E-state index in [1.54, 1.807) is 36.4 Å². The molecule has 160 valence electrons. The van der Waals surface area contributed by atoms with E-state index in [4.69, 9.17) is 4.74 Å². The van der Waals surface area contributed by atoms with E-state index >= 15 is 0 Å². The molecule has 0 aromatic heterocycles. The first-order chi connectivity index (χ1) is 14.3. The first-order valence-corrected chi connectivity index (χ1v) is 11.7. The third kappa shape index (κ3) is 6.36. The van der Waals surface area contributed by atoms with E-state index in [9.17, 15) is 18.0 Å². The molecular weight excluding hydrogens is 474 g/mol. The van der Waals surface area contributed by atoms with Gasteiger partial charge in [0.15, 0.2) is 0 Å². The lowest BCUT2D eigenvalue weighted by molar-refractivity contribution is -0.124. The lowest BCUT2D eigenvalue weighted by Crippen LogP contribution is -2.28. The van der Waals surface area contributed by atoms with Crippen molar-refractivity contribution < 1.29 is 22.7 Å². The van der Waals surface area contributed by atoms with E-state index in [0.29, 0.717) is 24.4 Å². The van der Waals surface area contributed by atoms with Crippen molar-refractivity contribution in [3.63, 3.8) is 0 Å². The standard InChI is InChI=1S/C20H22BrN3O5S/c21-14-3-9-17(10-4-14)30(27,28)22-12-11-19(25)23-15-5-7-16(8-6-15)24-20(26)18-2-1-13-29-18/h3-10,18,22H,1-2,11-13H2,(H,23,25)(H,24,26). The van der Waals surface area contributed by atoms with Gasteiger partial charge >= 0.3 is 0 Å². The van der Waals surface area contributed by atoms with Gasteiger partial charge in [-0.3, -0.25) is 9.59 Å². The van der Waals surface area contributed by atoms with Crippen LogP contribution in [-0.2, 0) is 24.3 Å². The van der Waals surface area contributed by atoms with Crippen LogP contribution in [0.15, 0.2) is 57.9 Å². The van der Waals surface area contributed by atoms with E-state index in [-0.39, 0.29) is 29.7 Å². The molecule has 1 heterocycles. The molecule has 2 aromatic carbocycles. The highest BCUT2D eigenvalue weighted by Gasteiger charge is 2.23. The molecule has 1 aliphatic rings. The van der Waals surface area contributed by atoms with Crippen LogP contribution in [-0.4, -0.2) is 39.5 Å². The summed E-state index contributed by atoms with van der Waals surface area (Å²) in [6.07, 6.45) is 1.16. The van der Waals surface area contributed by atoms with E-state index in [0.717, 1.165) is 10.9 Å². The van der Waals surface area contributed by atoms with Crippen LogP contribution in [0, 0.1) is 0 Å². The molecule has 10 heteroatoms. The van der Waals surface area contributed by atoms with Crippen LogP contribution in [0.3, 0.4) is 0 Å². The van der Waals surface area contributed by atoms with Crippen molar-refractivity contribution in [1.82, 2.24) is 4.72 Å². The number of halogens is 1. The third-order valence-corrected chi connectivity index (χ3v) is 6.43. The van der Waals surface area contributed by atoms with Gasteiger partial charge in [-0.05, 0) is 61.4 Å². The summed E-state index contributed by atoms with van der Waals surface area (Å²) in [5.74, 6) is -0.507. The van der Waals surface area contributed by atoms with Crippen LogP contribution < -0.4 is 15.4 Å². The summed E-state index contributed by atoms with van der Waals surface area (Å²) >= 11 is 3.25. The van der Waals surface area contributed by atoms with Gasteiger partial charge < -0.3 is 15.4 Å². The van der Waals surface area contributed by atoms with Crippen molar-refractivity contribution in [2.75, 3.05) is 23.8 Å². The summed E-state index contributed by atoms with van der Waals surface area (Å²) in [6.45, 7) is 0.572. The fraction of sp³-hybridized carbons (Fsp3) is 0.300. The molecule has 0 bridgehead atoms. The molecule has 0 saturated carbocycles. The fourth-order valence-corrected chi connectivity index (χ4v) is 4.16. The normalized spacial score (nSPS) is 16.2. The van der Waals surface area contributed by atoms with Gasteiger partial charge in [0.2, 0.25) is 15.9 Å². The summed E-state index contributed by atoms with van der Waals surface area (Å²) in [4.78, 5) is 24.2. The summed E-state index contributed by atoms with van der Waals surface area (Å²) in [5, 5.41) is 5.47. The second kappa shape index (κ2) is 10.2. The molecule has 0 aliphatic carbocycles. The minimum absolute atomic E-state index is 0.0206. The minimum Gasteiger partial charge on any atom is -0.368 e. The topological polar surface area (TPSA) is 114 Å². The van der Waals surface area contributed by atoms with Gasteiger partial charge in [-0.1, -0.05) is 15.9 Å². The Morgan fingerprint density at radius 1 is 1.00 bits per heavy atom. The third-order valence-electron chi connectivity index (χ3n) is 4.43.